The molecule has 0 fully saturated rings. The van der Waals surface area contributed by atoms with Crippen molar-refractivity contribution in [2.24, 2.45) is 0 Å². The Balaban J connectivity index is 1.18. The molecule has 49 heavy (non-hydrogen) atoms. The Labute approximate surface area is 293 Å². The molecular weight excluding hydrogens is 649 g/mol. The largest absolute Gasteiger partial charge is 0.321 e. The molecule has 3 N–H and O–H groups in total. The molecule has 0 bridgehead atoms. The average Bonchev–Trinajstić information content (AvgIpc) is 3.59. The Morgan fingerprint density at radius 2 is 1.57 bits per heavy atom. The summed E-state index contributed by atoms with van der Waals surface area (Å²) in [6, 6.07) is 37.9. The van der Waals surface area contributed by atoms with Crippen LogP contribution in [0.1, 0.15) is 34.8 Å². The summed E-state index contributed by atoms with van der Waals surface area (Å²) in [7, 11) is 0. The lowest BCUT2D eigenvalue weighted by Gasteiger charge is -2.15. The number of carbonyl (C=O) groups excluding carboxylic acids is 3. The van der Waals surface area contributed by atoms with Crippen LogP contribution in [0, 0.1) is 6.92 Å². The second-order valence-electron chi connectivity index (χ2n) is 11.3. The average molecular weight is 683 g/mol. The van der Waals surface area contributed by atoms with Gasteiger partial charge < -0.3 is 16.0 Å². The van der Waals surface area contributed by atoms with Crippen molar-refractivity contribution in [1.82, 2.24) is 10.3 Å². The maximum Gasteiger partial charge on any atom is 0.272 e. The molecule has 5 aromatic carbocycles. The summed E-state index contributed by atoms with van der Waals surface area (Å²) < 4.78 is 0. The molecule has 244 valence electrons. The van der Waals surface area contributed by atoms with Gasteiger partial charge in [-0.05, 0) is 66.1 Å². The van der Waals surface area contributed by atoms with Crippen LogP contribution in [-0.2, 0) is 9.59 Å². The van der Waals surface area contributed by atoms with E-state index in [0.717, 1.165) is 32.5 Å². The second kappa shape index (κ2) is 15.6. The smallest absolute Gasteiger partial charge is 0.272 e. The molecule has 1 atom stereocenters. The summed E-state index contributed by atoms with van der Waals surface area (Å²) in [5, 5.41) is 12.8. The predicted octanol–water partition coefficient (Wildman–Crippen LogP) is 9.19. The molecular formula is C40H34N4O3S2. The van der Waals surface area contributed by atoms with Gasteiger partial charge in [-0.3, -0.25) is 14.4 Å². The number of aryl methyl sites for hydroxylation is 1. The molecule has 6 rings (SSSR count). The Morgan fingerprint density at radius 3 is 2.37 bits per heavy atom. The van der Waals surface area contributed by atoms with Gasteiger partial charge in [-0.1, -0.05) is 103 Å². The molecule has 0 aliphatic carbocycles. The van der Waals surface area contributed by atoms with E-state index in [4.69, 9.17) is 0 Å². The molecule has 0 saturated carbocycles. The van der Waals surface area contributed by atoms with Crippen LogP contribution in [0.15, 0.2) is 137 Å². The highest BCUT2D eigenvalue weighted by atomic mass is 32.2. The van der Waals surface area contributed by atoms with Gasteiger partial charge >= 0.3 is 0 Å². The maximum absolute atomic E-state index is 13.8. The van der Waals surface area contributed by atoms with E-state index >= 15 is 0 Å². The van der Waals surface area contributed by atoms with Crippen LogP contribution in [0.4, 0.5) is 10.8 Å². The lowest BCUT2D eigenvalue weighted by atomic mass is 10.0. The fraction of sp³-hybridized carbons (Fsp3) is 0.100. The first-order valence-electron chi connectivity index (χ1n) is 15.8. The van der Waals surface area contributed by atoms with Crippen molar-refractivity contribution in [2.75, 3.05) is 10.6 Å². The zero-order chi connectivity index (χ0) is 34.2. The maximum atomic E-state index is 13.8. The highest BCUT2D eigenvalue weighted by Gasteiger charge is 2.21. The fourth-order valence-corrected chi connectivity index (χ4v) is 6.92. The van der Waals surface area contributed by atoms with Crippen LogP contribution in [-0.4, -0.2) is 28.0 Å². The van der Waals surface area contributed by atoms with Crippen LogP contribution >= 0.6 is 23.1 Å². The van der Waals surface area contributed by atoms with Crippen molar-refractivity contribution in [3.05, 3.63) is 149 Å². The molecule has 0 aliphatic rings. The van der Waals surface area contributed by atoms with Gasteiger partial charge in [0.15, 0.2) is 5.13 Å². The van der Waals surface area contributed by atoms with E-state index < -0.39 is 11.8 Å². The first-order chi connectivity index (χ1) is 23.9. The summed E-state index contributed by atoms with van der Waals surface area (Å²) in [4.78, 5) is 45.7. The highest BCUT2D eigenvalue weighted by Crippen LogP contribution is 2.30. The van der Waals surface area contributed by atoms with Gasteiger partial charge in [0.1, 0.15) is 5.70 Å². The number of fused-ring (bicyclic) bond motifs is 1. The summed E-state index contributed by atoms with van der Waals surface area (Å²) >= 11 is 2.80. The number of nitrogens with zero attached hydrogens (tertiary/aromatic N) is 1. The van der Waals surface area contributed by atoms with E-state index in [0.29, 0.717) is 22.8 Å². The molecule has 9 heteroatoms. The molecule has 0 aliphatic heterocycles. The topological polar surface area (TPSA) is 100 Å². The van der Waals surface area contributed by atoms with E-state index in [2.05, 4.69) is 20.9 Å². The molecule has 1 heterocycles. The van der Waals surface area contributed by atoms with Crippen LogP contribution in [0.5, 0.6) is 0 Å². The summed E-state index contributed by atoms with van der Waals surface area (Å²) in [6.45, 7) is 4.00. The third kappa shape index (κ3) is 8.51. The predicted molar refractivity (Wildman–Crippen MR) is 202 cm³/mol. The Bertz CT molecular complexity index is 2140. The minimum Gasteiger partial charge on any atom is -0.321 e. The number of amides is 3. The zero-order valence-corrected chi connectivity index (χ0v) is 28.6. The molecule has 1 unspecified atom stereocenters. The van der Waals surface area contributed by atoms with Gasteiger partial charge in [-0.25, -0.2) is 4.98 Å². The number of anilines is 2. The summed E-state index contributed by atoms with van der Waals surface area (Å²) in [5.74, 6) is -1.01. The number of carbonyl (C=O) groups is 3. The number of hydrogen-bond donors (Lipinski definition) is 3. The van der Waals surface area contributed by atoms with Gasteiger partial charge in [0.25, 0.3) is 11.8 Å². The molecule has 6 aromatic rings. The minimum absolute atomic E-state index is 0.0996. The molecule has 7 nitrogen and oxygen atoms in total. The van der Waals surface area contributed by atoms with Crippen molar-refractivity contribution < 1.29 is 14.4 Å². The van der Waals surface area contributed by atoms with Gasteiger partial charge in [0.05, 0.1) is 10.9 Å². The van der Waals surface area contributed by atoms with Crippen LogP contribution in [0.2, 0.25) is 0 Å². The number of thioether (sulfide) groups is 1. The standard InChI is InChI=1S/C40H34N4O3S2/c1-3-36(39(47)44-40-43-35(25-48-40)28-21-19-26(2)20-22-28)49-32-17-10-16-31(24-32)41-38(46)34(42-37(45)29-12-5-4-6-13-29)23-30-15-9-14-27-11-7-8-18-33(27)30/h4-25,36H,3H2,1-2H3,(H,41,46)(H,42,45)(H,43,44,47)/b34-23+. The van der Waals surface area contributed by atoms with Crippen molar-refractivity contribution in [3.63, 3.8) is 0 Å². The third-order valence-corrected chi connectivity index (χ3v) is 9.88. The van der Waals surface area contributed by atoms with Crippen LogP contribution < -0.4 is 16.0 Å². The van der Waals surface area contributed by atoms with Gasteiger partial charge in [-0.15, -0.1) is 23.1 Å². The Kier molecular flexibility index (Phi) is 10.6. The lowest BCUT2D eigenvalue weighted by molar-refractivity contribution is -0.116. The minimum atomic E-state index is -0.475. The molecule has 3 amide bonds. The number of thiazole rings is 1. The van der Waals surface area contributed by atoms with E-state index in [1.807, 2.05) is 110 Å². The zero-order valence-electron chi connectivity index (χ0n) is 27.0. The number of benzene rings is 5. The first-order valence-corrected chi connectivity index (χ1v) is 17.6. The van der Waals surface area contributed by atoms with Gasteiger partial charge in [-0.2, -0.15) is 0 Å². The number of hydrogen-bond acceptors (Lipinski definition) is 6. The van der Waals surface area contributed by atoms with Gasteiger partial charge in [0, 0.05) is 27.1 Å². The molecule has 1 aromatic heterocycles. The SMILES string of the molecule is CCC(Sc1cccc(NC(=O)/C(=C\c2cccc3ccccc23)NC(=O)c2ccccc2)c1)C(=O)Nc1nc(-c2ccc(C)cc2)cs1. The monoisotopic (exact) mass is 682 g/mol. The normalized spacial score (nSPS) is 11.9. The van der Waals surface area contributed by atoms with Crippen LogP contribution in [0.3, 0.4) is 0 Å². The highest BCUT2D eigenvalue weighted by molar-refractivity contribution is 8.00. The summed E-state index contributed by atoms with van der Waals surface area (Å²) in [5.41, 5.74) is 4.85. The van der Waals surface area contributed by atoms with E-state index in [-0.39, 0.29) is 16.9 Å². The lowest BCUT2D eigenvalue weighted by Crippen LogP contribution is -2.30. The third-order valence-electron chi connectivity index (χ3n) is 7.77. The summed E-state index contributed by atoms with van der Waals surface area (Å²) in [6.07, 6.45) is 2.28. The van der Waals surface area contributed by atoms with E-state index in [1.54, 1.807) is 36.4 Å². The van der Waals surface area contributed by atoms with Gasteiger partial charge in [0.2, 0.25) is 5.91 Å². The van der Waals surface area contributed by atoms with Crippen molar-refractivity contribution >= 4 is 68.5 Å². The van der Waals surface area contributed by atoms with Crippen molar-refractivity contribution in [1.29, 1.82) is 0 Å². The number of aromatic nitrogens is 1. The quantitative estimate of drug-likeness (QED) is 0.0935. The van der Waals surface area contributed by atoms with Crippen molar-refractivity contribution in [3.8, 4) is 11.3 Å². The Morgan fingerprint density at radius 1 is 0.837 bits per heavy atom. The first kappa shape index (κ1) is 33.4. The van der Waals surface area contributed by atoms with E-state index in [1.165, 1.54) is 28.7 Å². The van der Waals surface area contributed by atoms with E-state index in [9.17, 15) is 14.4 Å². The number of nitrogens with one attached hydrogen (secondary N) is 3. The Hall–Kier alpha value is -5.51. The number of rotatable bonds is 11. The second-order valence-corrected chi connectivity index (χ2v) is 13.5. The van der Waals surface area contributed by atoms with Crippen molar-refractivity contribution in [2.45, 2.75) is 30.4 Å². The molecule has 0 spiro atoms. The molecule has 0 radical (unpaired) electrons. The molecule has 0 saturated heterocycles. The fourth-order valence-electron chi connectivity index (χ4n) is 5.18. The van der Waals surface area contributed by atoms with Crippen LogP contribution in [0.25, 0.3) is 28.1 Å².